The lowest BCUT2D eigenvalue weighted by molar-refractivity contribution is -0.141. The van der Waals surface area contributed by atoms with Crippen molar-refractivity contribution < 1.29 is 24.2 Å². The van der Waals surface area contributed by atoms with E-state index in [-0.39, 0.29) is 23.8 Å². The van der Waals surface area contributed by atoms with Crippen molar-refractivity contribution in [3.8, 4) is 5.75 Å². The quantitative estimate of drug-likeness (QED) is 0.459. The second-order valence-corrected chi connectivity index (χ2v) is 8.19. The largest absolute Gasteiger partial charge is 0.490 e. The molecule has 0 unspecified atom stereocenters. The lowest BCUT2D eigenvalue weighted by Crippen LogP contribution is -2.34. The summed E-state index contributed by atoms with van der Waals surface area (Å²) in [4.78, 5) is 35.8. The summed E-state index contributed by atoms with van der Waals surface area (Å²) in [6, 6.07) is 20.2. The second-order valence-electron chi connectivity index (χ2n) is 8.19. The van der Waals surface area contributed by atoms with Crippen molar-refractivity contribution in [2.24, 2.45) is 5.92 Å². The molecule has 7 heteroatoms. The van der Waals surface area contributed by atoms with Crippen LogP contribution in [0.2, 0.25) is 0 Å². The fourth-order valence-corrected chi connectivity index (χ4v) is 4.04. The zero-order valence-corrected chi connectivity index (χ0v) is 18.1. The van der Waals surface area contributed by atoms with Gasteiger partial charge in [-0.25, -0.2) is 0 Å². The van der Waals surface area contributed by atoms with Gasteiger partial charge in [0.15, 0.2) is 0 Å². The summed E-state index contributed by atoms with van der Waals surface area (Å²) in [5.41, 5.74) is 1.06. The van der Waals surface area contributed by atoms with Crippen molar-refractivity contribution in [2.75, 3.05) is 13.1 Å². The first-order valence-corrected chi connectivity index (χ1v) is 11.0. The van der Waals surface area contributed by atoms with Gasteiger partial charge in [-0.2, -0.15) is 0 Å². The van der Waals surface area contributed by atoms with Gasteiger partial charge in [0.1, 0.15) is 5.75 Å². The Balaban J connectivity index is 1.21. The molecule has 2 atom stereocenters. The summed E-state index contributed by atoms with van der Waals surface area (Å²) in [6.45, 7) is 0.611. The van der Waals surface area contributed by atoms with Crippen LogP contribution in [0.1, 0.15) is 40.0 Å². The molecule has 7 nitrogen and oxygen atoms in total. The molecule has 33 heavy (non-hydrogen) atoms. The number of carboxylic acid groups (broad SMARTS) is 1. The van der Waals surface area contributed by atoms with Gasteiger partial charge in [0.05, 0.1) is 12.0 Å². The molecule has 0 radical (unpaired) electrons. The van der Waals surface area contributed by atoms with E-state index in [4.69, 9.17) is 9.84 Å². The Hall–Kier alpha value is -3.87. The molecule has 2 amide bonds. The van der Waals surface area contributed by atoms with Crippen LogP contribution >= 0.6 is 0 Å². The van der Waals surface area contributed by atoms with Gasteiger partial charge >= 0.3 is 5.97 Å². The number of hydrogen-bond acceptors (Lipinski definition) is 4. The van der Waals surface area contributed by atoms with Gasteiger partial charge in [-0.05, 0) is 66.4 Å². The van der Waals surface area contributed by atoms with E-state index < -0.39 is 5.97 Å². The van der Waals surface area contributed by atoms with Crippen LogP contribution in [0.4, 0.5) is 0 Å². The number of benzene rings is 3. The summed E-state index contributed by atoms with van der Waals surface area (Å²) in [7, 11) is 0. The van der Waals surface area contributed by atoms with Crippen LogP contribution in [0.5, 0.6) is 5.75 Å². The highest BCUT2D eigenvalue weighted by Crippen LogP contribution is 2.29. The van der Waals surface area contributed by atoms with Crippen LogP contribution in [0, 0.1) is 5.92 Å². The van der Waals surface area contributed by atoms with E-state index in [1.165, 1.54) is 0 Å². The summed E-state index contributed by atoms with van der Waals surface area (Å²) in [5, 5.41) is 16.8. The molecule has 1 aliphatic rings. The van der Waals surface area contributed by atoms with Gasteiger partial charge in [0.2, 0.25) is 0 Å². The van der Waals surface area contributed by atoms with Crippen molar-refractivity contribution in [1.29, 1.82) is 0 Å². The van der Waals surface area contributed by atoms with Gasteiger partial charge in [-0.1, -0.05) is 30.3 Å². The molecule has 3 aromatic carbocycles. The number of amides is 2. The molecule has 0 heterocycles. The third-order valence-electron chi connectivity index (χ3n) is 5.86. The number of rotatable bonds is 8. The van der Waals surface area contributed by atoms with Crippen LogP contribution in [0.3, 0.4) is 0 Å². The normalized spacial score (nSPS) is 17.5. The van der Waals surface area contributed by atoms with E-state index in [0.717, 1.165) is 10.8 Å². The minimum atomic E-state index is -0.776. The average molecular weight is 447 g/mol. The van der Waals surface area contributed by atoms with Gasteiger partial charge in [0.25, 0.3) is 11.8 Å². The van der Waals surface area contributed by atoms with Crippen LogP contribution in [0.25, 0.3) is 10.8 Å². The van der Waals surface area contributed by atoms with Crippen molar-refractivity contribution in [3.63, 3.8) is 0 Å². The summed E-state index contributed by atoms with van der Waals surface area (Å²) in [6.07, 6.45) is 1.72. The van der Waals surface area contributed by atoms with Crippen LogP contribution in [-0.2, 0) is 4.79 Å². The zero-order valence-electron chi connectivity index (χ0n) is 18.1. The average Bonchev–Trinajstić information content (AvgIpc) is 3.30. The first-order chi connectivity index (χ1) is 16.0. The molecule has 4 rings (SSSR count). The van der Waals surface area contributed by atoms with Crippen molar-refractivity contribution in [1.82, 2.24) is 10.6 Å². The highest BCUT2D eigenvalue weighted by molar-refractivity contribution is 5.98. The monoisotopic (exact) mass is 446 g/mol. The molecular formula is C26H26N2O5. The van der Waals surface area contributed by atoms with Gasteiger partial charge in [-0.15, -0.1) is 0 Å². The highest BCUT2D eigenvalue weighted by atomic mass is 16.5. The van der Waals surface area contributed by atoms with E-state index in [0.29, 0.717) is 49.2 Å². The Bertz CT molecular complexity index is 1160. The number of carboxylic acids is 1. The van der Waals surface area contributed by atoms with Crippen molar-refractivity contribution >= 4 is 28.6 Å². The van der Waals surface area contributed by atoms with E-state index in [2.05, 4.69) is 10.6 Å². The molecule has 3 aromatic rings. The van der Waals surface area contributed by atoms with E-state index in [1.54, 1.807) is 30.3 Å². The predicted molar refractivity (Wildman–Crippen MR) is 124 cm³/mol. The minimum Gasteiger partial charge on any atom is -0.490 e. The first kappa shape index (κ1) is 22.3. The van der Waals surface area contributed by atoms with Gasteiger partial charge in [0, 0.05) is 24.2 Å². The van der Waals surface area contributed by atoms with Crippen molar-refractivity contribution in [2.45, 2.75) is 25.4 Å². The lowest BCUT2D eigenvalue weighted by Gasteiger charge is -2.14. The Morgan fingerprint density at radius 2 is 1.45 bits per heavy atom. The molecule has 0 aliphatic heterocycles. The fraction of sp³-hybridized carbons (Fsp3) is 0.269. The number of fused-ring (bicyclic) bond motifs is 1. The maximum Gasteiger partial charge on any atom is 0.306 e. The molecular weight excluding hydrogens is 420 g/mol. The number of carbonyl (C=O) groups excluding carboxylic acids is 2. The SMILES string of the molecule is O=C(NCCNC(=O)c1ccc2ccccc2c1)c1ccc(O[C@@H]2CC[C@@H](C(=O)O)C2)cc1. The lowest BCUT2D eigenvalue weighted by atomic mass is 10.1. The molecule has 1 saturated carbocycles. The molecule has 1 aliphatic carbocycles. The third-order valence-corrected chi connectivity index (χ3v) is 5.86. The third kappa shape index (κ3) is 5.68. The Labute approximate surface area is 191 Å². The zero-order chi connectivity index (χ0) is 23.2. The smallest absolute Gasteiger partial charge is 0.306 e. The van der Waals surface area contributed by atoms with E-state index in [9.17, 15) is 14.4 Å². The number of aliphatic carboxylic acids is 1. The summed E-state index contributed by atoms with van der Waals surface area (Å²) in [5.74, 6) is -0.935. The molecule has 170 valence electrons. The highest BCUT2D eigenvalue weighted by Gasteiger charge is 2.30. The number of ether oxygens (including phenoxy) is 1. The number of hydrogen-bond donors (Lipinski definition) is 3. The summed E-state index contributed by atoms with van der Waals surface area (Å²) < 4.78 is 5.84. The van der Waals surface area contributed by atoms with E-state index >= 15 is 0 Å². The number of carbonyl (C=O) groups is 3. The Kier molecular flexibility index (Phi) is 6.88. The summed E-state index contributed by atoms with van der Waals surface area (Å²) >= 11 is 0. The van der Waals surface area contributed by atoms with Gasteiger partial charge in [-0.3, -0.25) is 14.4 Å². The predicted octanol–water partition coefficient (Wildman–Crippen LogP) is 3.63. The second kappa shape index (κ2) is 10.2. The standard InChI is InChI=1S/C26H26N2O5/c29-24(18-7-10-22(11-8-18)33-23-12-9-21(16-23)26(31)32)27-13-14-28-25(30)20-6-5-17-3-1-2-4-19(17)15-20/h1-8,10-11,15,21,23H,9,12-14,16H2,(H,27,29)(H,28,30)(H,31,32)/t21-,23-/m1/s1. The topological polar surface area (TPSA) is 105 Å². The Morgan fingerprint density at radius 1 is 0.818 bits per heavy atom. The molecule has 3 N–H and O–H groups in total. The molecule has 0 spiro atoms. The van der Waals surface area contributed by atoms with E-state index in [1.807, 2.05) is 36.4 Å². The van der Waals surface area contributed by atoms with Crippen LogP contribution in [0.15, 0.2) is 66.7 Å². The molecule has 1 fully saturated rings. The maximum absolute atomic E-state index is 12.4. The van der Waals surface area contributed by atoms with Crippen molar-refractivity contribution in [3.05, 3.63) is 77.9 Å². The number of nitrogens with one attached hydrogen (secondary N) is 2. The maximum atomic E-state index is 12.4. The van der Waals surface area contributed by atoms with Crippen LogP contribution < -0.4 is 15.4 Å². The van der Waals surface area contributed by atoms with Gasteiger partial charge < -0.3 is 20.5 Å². The molecule has 0 bridgehead atoms. The fourth-order valence-electron chi connectivity index (χ4n) is 4.04. The first-order valence-electron chi connectivity index (χ1n) is 11.0. The molecule has 0 saturated heterocycles. The minimum absolute atomic E-state index is 0.114. The Morgan fingerprint density at radius 3 is 2.12 bits per heavy atom. The van der Waals surface area contributed by atoms with Crippen LogP contribution in [-0.4, -0.2) is 42.1 Å². The molecule has 0 aromatic heterocycles.